The summed E-state index contributed by atoms with van der Waals surface area (Å²) in [6.45, 7) is 2.44. The fourth-order valence-electron chi connectivity index (χ4n) is 2.36. The summed E-state index contributed by atoms with van der Waals surface area (Å²) >= 11 is 0. The number of aliphatic imine (C=N–C) groups is 1. The number of halogens is 3. The Bertz CT molecular complexity index is 733. The molecule has 0 saturated heterocycles. The Morgan fingerprint density at radius 3 is 2.61 bits per heavy atom. The van der Waals surface area contributed by atoms with Gasteiger partial charge in [-0.15, -0.1) is 24.0 Å². The van der Waals surface area contributed by atoms with Crippen molar-refractivity contribution in [3.63, 3.8) is 0 Å². The van der Waals surface area contributed by atoms with Crippen LogP contribution in [0.25, 0.3) is 0 Å². The molecule has 0 saturated carbocycles. The van der Waals surface area contributed by atoms with Gasteiger partial charge in [-0.05, 0) is 32.0 Å². The number of rotatable bonds is 9. The summed E-state index contributed by atoms with van der Waals surface area (Å²) < 4.78 is 35.7. The number of ether oxygens (including phenoxy) is 2. The van der Waals surface area contributed by atoms with Crippen molar-refractivity contribution in [1.29, 1.82) is 0 Å². The topological polar surface area (TPSA) is 67.8 Å². The lowest BCUT2D eigenvalue weighted by molar-refractivity contribution is -0.0520. The molecule has 0 aliphatic heterocycles. The highest BCUT2D eigenvalue weighted by molar-refractivity contribution is 14.0. The Balaban J connectivity index is 0.00000392. The maximum Gasteiger partial charge on any atom is 0.387 e. The van der Waals surface area contributed by atoms with Crippen molar-refractivity contribution in [3.05, 3.63) is 53.9 Å². The molecule has 154 valence electrons. The third-order valence-corrected chi connectivity index (χ3v) is 3.48. The molecule has 0 aliphatic carbocycles. The standard InChI is InChI=1S/C19H24F2N4O2.HI/c1-3-22-19(25-13-15-9-5-6-11-23-15)24-12-14-8-7-10-16(26-4-2)17(14)27-18(20)21;/h5-11,18H,3-4,12-13H2,1-2H3,(H2,22,24,25);1H. The number of nitrogens with zero attached hydrogens (tertiary/aromatic N) is 2. The number of para-hydroxylation sites is 1. The van der Waals surface area contributed by atoms with Crippen LogP contribution >= 0.6 is 24.0 Å². The van der Waals surface area contributed by atoms with Crippen LogP contribution in [-0.2, 0) is 13.1 Å². The van der Waals surface area contributed by atoms with Crippen molar-refractivity contribution < 1.29 is 18.3 Å². The van der Waals surface area contributed by atoms with Crippen molar-refractivity contribution in [2.24, 2.45) is 4.99 Å². The lowest BCUT2D eigenvalue weighted by atomic mass is 10.2. The number of benzene rings is 1. The minimum Gasteiger partial charge on any atom is -0.490 e. The Hall–Kier alpha value is -2.17. The van der Waals surface area contributed by atoms with Gasteiger partial charge in [0.25, 0.3) is 0 Å². The van der Waals surface area contributed by atoms with E-state index in [1.54, 1.807) is 31.3 Å². The predicted molar refractivity (Wildman–Crippen MR) is 116 cm³/mol. The summed E-state index contributed by atoms with van der Waals surface area (Å²) in [5, 5.41) is 6.28. The molecule has 9 heteroatoms. The second-order valence-corrected chi connectivity index (χ2v) is 5.43. The molecule has 1 aromatic carbocycles. The number of aromatic nitrogens is 1. The Labute approximate surface area is 180 Å². The zero-order valence-corrected chi connectivity index (χ0v) is 18.2. The van der Waals surface area contributed by atoms with Crippen LogP contribution in [0.2, 0.25) is 0 Å². The van der Waals surface area contributed by atoms with Gasteiger partial charge in [0.1, 0.15) is 0 Å². The summed E-state index contributed by atoms with van der Waals surface area (Å²) in [5.41, 5.74) is 1.37. The Morgan fingerprint density at radius 1 is 1.14 bits per heavy atom. The molecule has 0 atom stereocenters. The van der Waals surface area contributed by atoms with Gasteiger partial charge in [0, 0.05) is 18.3 Å². The number of alkyl halides is 2. The second-order valence-electron chi connectivity index (χ2n) is 5.43. The van der Waals surface area contributed by atoms with Gasteiger partial charge in [-0.1, -0.05) is 18.2 Å². The number of nitrogens with one attached hydrogen (secondary N) is 2. The minimum atomic E-state index is -2.94. The van der Waals surface area contributed by atoms with Crippen LogP contribution in [0.3, 0.4) is 0 Å². The van der Waals surface area contributed by atoms with Gasteiger partial charge in [0.15, 0.2) is 17.5 Å². The average molecular weight is 506 g/mol. The maximum absolute atomic E-state index is 12.8. The molecule has 0 aliphatic rings. The van der Waals surface area contributed by atoms with Crippen LogP contribution in [0.5, 0.6) is 11.5 Å². The van der Waals surface area contributed by atoms with Gasteiger partial charge in [-0.3, -0.25) is 4.98 Å². The molecule has 1 aromatic heterocycles. The van der Waals surface area contributed by atoms with Crippen LogP contribution in [0, 0.1) is 0 Å². The van der Waals surface area contributed by atoms with E-state index < -0.39 is 6.61 Å². The summed E-state index contributed by atoms with van der Waals surface area (Å²) in [7, 11) is 0. The average Bonchev–Trinajstić information content (AvgIpc) is 2.66. The number of hydrogen-bond donors (Lipinski definition) is 2. The summed E-state index contributed by atoms with van der Waals surface area (Å²) in [5.74, 6) is 0.837. The highest BCUT2D eigenvalue weighted by Crippen LogP contribution is 2.33. The first-order chi connectivity index (χ1) is 13.1. The largest absolute Gasteiger partial charge is 0.490 e. The first-order valence-electron chi connectivity index (χ1n) is 8.75. The fourth-order valence-corrected chi connectivity index (χ4v) is 2.36. The van der Waals surface area contributed by atoms with Gasteiger partial charge in [0.05, 0.1) is 25.4 Å². The molecule has 2 aromatic rings. The first kappa shape index (κ1) is 23.9. The van der Waals surface area contributed by atoms with Crippen molar-refractivity contribution in [1.82, 2.24) is 15.6 Å². The molecule has 6 nitrogen and oxygen atoms in total. The maximum atomic E-state index is 12.8. The lowest BCUT2D eigenvalue weighted by Crippen LogP contribution is -2.37. The molecule has 0 fully saturated rings. The van der Waals surface area contributed by atoms with Crippen molar-refractivity contribution in [3.8, 4) is 11.5 Å². The van der Waals surface area contributed by atoms with E-state index in [-0.39, 0.29) is 42.0 Å². The van der Waals surface area contributed by atoms with E-state index in [0.717, 1.165) is 5.69 Å². The lowest BCUT2D eigenvalue weighted by Gasteiger charge is -2.15. The van der Waals surface area contributed by atoms with Crippen LogP contribution in [0.4, 0.5) is 8.78 Å². The Morgan fingerprint density at radius 2 is 1.96 bits per heavy atom. The number of pyridine rings is 1. The van der Waals surface area contributed by atoms with E-state index >= 15 is 0 Å². The van der Waals surface area contributed by atoms with Crippen LogP contribution in [0.15, 0.2) is 47.6 Å². The van der Waals surface area contributed by atoms with Crippen LogP contribution < -0.4 is 20.1 Å². The van der Waals surface area contributed by atoms with E-state index in [9.17, 15) is 8.78 Å². The van der Waals surface area contributed by atoms with E-state index in [1.165, 1.54) is 0 Å². The Kier molecular flexibility index (Phi) is 11.2. The fraction of sp³-hybridized carbons (Fsp3) is 0.368. The van der Waals surface area contributed by atoms with E-state index in [1.807, 2.05) is 25.1 Å². The van der Waals surface area contributed by atoms with Crippen molar-refractivity contribution in [2.75, 3.05) is 13.2 Å². The molecule has 2 N–H and O–H groups in total. The van der Waals surface area contributed by atoms with Gasteiger partial charge < -0.3 is 20.1 Å². The molecule has 0 unspecified atom stereocenters. The number of guanidine groups is 1. The van der Waals surface area contributed by atoms with E-state index in [4.69, 9.17) is 4.74 Å². The normalized spacial score (nSPS) is 11.0. The molecule has 0 amide bonds. The third-order valence-electron chi connectivity index (χ3n) is 3.48. The summed E-state index contributed by atoms with van der Waals surface area (Å²) in [6.07, 6.45) is 1.72. The molecule has 1 heterocycles. The minimum absolute atomic E-state index is 0. The monoisotopic (exact) mass is 506 g/mol. The summed E-state index contributed by atoms with van der Waals surface area (Å²) in [4.78, 5) is 8.70. The van der Waals surface area contributed by atoms with Gasteiger partial charge in [0.2, 0.25) is 0 Å². The molecule has 0 radical (unpaired) electrons. The highest BCUT2D eigenvalue weighted by atomic mass is 127. The van der Waals surface area contributed by atoms with E-state index in [0.29, 0.717) is 31.2 Å². The van der Waals surface area contributed by atoms with Crippen LogP contribution in [0.1, 0.15) is 25.1 Å². The van der Waals surface area contributed by atoms with Gasteiger partial charge in [-0.25, -0.2) is 4.99 Å². The van der Waals surface area contributed by atoms with Gasteiger partial charge >= 0.3 is 6.61 Å². The quantitative estimate of drug-likeness (QED) is 0.306. The van der Waals surface area contributed by atoms with Gasteiger partial charge in [-0.2, -0.15) is 8.78 Å². The van der Waals surface area contributed by atoms with E-state index in [2.05, 4.69) is 25.3 Å². The van der Waals surface area contributed by atoms with Crippen molar-refractivity contribution >= 4 is 29.9 Å². The molecular formula is C19H25F2IN4O2. The third kappa shape index (κ3) is 7.83. The molecule has 28 heavy (non-hydrogen) atoms. The zero-order chi connectivity index (χ0) is 19.5. The van der Waals surface area contributed by atoms with Crippen molar-refractivity contribution in [2.45, 2.75) is 33.5 Å². The summed E-state index contributed by atoms with van der Waals surface area (Å²) in [6, 6.07) is 10.7. The second kappa shape index (κ2) is 13.1. The molecular weight excluding hydrogens is 481 g/mol. The smallest absolute Gasteiger partial charge is 0.387 e. The zero-order valence-electron chi connectivity index (χ0n) is 15.8. The molecule has 0 spiro atoms. The highest BCUT2D eigenvalue weighted by Gasteiger charge is 2.15. The molecule has 2 rings (SSSR count). The van der Waals surface area contributed by atoms with Crippen LogP contribution in [-0.4, -0.2) is 30.7 Å². The first-order valence-corrected chi connectivity index (χ1v) is 8.75. The number of hydrogen-bond acceptors (Lipinski definition) is 4. The molecule has 0 bridgehead atoms. The predicted octanol–water partition coefficient (Wildman–Crippen LogP) is 3.96. The SMILES string of the molecule is CCNC(=NCc1cccc(OCC)c1OC(F)F)NCc1ccccn1.I.